The number of rotatable bonds is 3. The summed E-state index contributed by atoms with van der Waals surface area (Å²) in [6.45, 7) is 3.42. The van der Waals surface area contributed by atoms with Gasteiger partial charge in [0.25, 0.3) is 0 Å². The van der Waals surface area contributed by atoms with Crippen molar-refractivity contribution < 1.29 is 13.9 Å². The van der Waals surface area contributed by atoms with Crippen molar-refractivity contribution >= 4 is 17.4 Å². The van der Waals surface area contributed by atoms with Gasteiger partial charge in [0.05, 0.1) is 17.7 Å². The van der Waals surface area contributed by atoms with Crippen LogP contribution in [0.4, 0.5) is 4.39 Å². The van der Waals surface area contributed by atoms with Crippen LogP contribution in [-0.4, -0.2) is 12.9 Å². The molecule has 0 spiro atoms. The molecule has 1 aromatic carbocycles. The summed E-state index contributed by atoms with van der Waals surface area (Å²) in [6, 6.07) is 2.43. The van der Waals surface area contributed by atoms with Gasteiger partial charge in [-0.15, -0.1) is 0 Å². The highest BCUT2D eigenvalue weighted by molar-refractivity contribution is 6.32. The van der Waals surface area contributed by atoms with E-state index in [1.54, 1.807) is 13.8 Å². The van der Waals surface area contributed by atoms with Gasteiger partial charge in [-0.25, -0.2) is 4.39 Å². The maximum Gasteiger partial charge on any atom is 0.168 e. The van der Waals surface area contributed by atoms with Crippen LogP contribution in [0.1, 0.15) is 24.2 Å². The molecule has 1 rings (SSSR count). The molecule has 0 fully saturated rings. The molecule has 0 bridgehead atoms. The molecule has 0 saturated heterocycles. The fraction of sp³-hybridized carbons (Fsp3) is 0.364. The smallest absolute Gasteiger partial charge is 0.168 e. The Balaban J connectivity index is 3.24. The fourth-order valence-corrected chi connectivity index (χ4v) is 1.41. The van der Waals surface area contributed by atoms with Gasteiger partial charge in [-0.1, -0.05) is 25.4 Å². The number of hydrogen-bond donors (Lipinski definition) is 0. The van der Waals surface area contributed by atoms with Crippen molar-refractivity contribution in [2.24, 2.45) is 5.92 Å². The van der Waals surface area contributed by atoms with E-state index in [-0.39, 0.29) is 22.3 Å². The lowest BCUT2D eigenvalue weighted by Crippen LogP contribution is -2.10. The molecular formula is C11H12ClFO2. The fourth-order valence-electron chi connectivity index (χ4n) is 1.19. The summed E-state index contributed by atoms with van der Waals surface area (Å²) < 4.78 is 18.3. The number of benzene rings is 1. The summed E-state index contributed by atoms with van der Waals surface area (Å²) in [5, 5.41) is 0.162. The van der Waals surface area contributed by atoms with Crippen molar-refractivity contribution in [2.75, 3.05) is 7.11 Å². The summed E-state index contributed by atoms with van der Waals surface area (Å²) in [5.74, 6) is -0.825. The van der Waals surface area contributed by atoms with E-state index in [1.165, 1.54) is 13.2 Å². The zero-order valence-corrected chi connectivity index (χ0v) is 9.56. The lowest BCUT2D eigenvalue weighted by molar-refractivity contribution is 0.0935. The molecule has 82 valence electrons. The number of hydrogen-bond acceptors (Lipinski definition) is 2. The number of halogens is 2. The molecule has 0 unspecified atom stereocenters. The average Bonchev–Trinajstić information content (AvgIpc) is 2.17. The Morgan fingerprint density at radius 1 is 1.47 bits per heavy atom. The summed E-state index contributed by atoms with van der Waals surface area (Å²) in [6.07, 6.45) is 0. The van der Waals surface area contributed by atoms with E-state index in [0.717, 1.165) is 6.07 Å². The molecular weight excluding hydrogens is 219 g/mol. The number of carbonyl (C=O) groups excluding carboxylic acids is 1. The lowest BCUT2D eigenvalue weighted by atomic mass is 10.0. The Morgan fingerprint density at radius 2 is 2.07 bits per heavy atom. The third-order valence-electron chi connectivity index (χ3n) is 2.03. The molecule has 0 aliphatic rings. The Hall–Kier alpha value is -1.09. The molecule has 4 heteroatoms. The van der Waals surface area contributed by atoms with Crippen LogP contribution in [0.5, 0.6) is 5.75 Å². The lowest BCUT2D eigenvalue weighted by Gasteiger charge is -2.09. The summed E-state index contributed by atoms with van der Waals surface area (Å²) >= 11 is 5.71. The third kappa shape index (κ3) is 2.48. The van der Waals surface area contributed by atoms with E-state index in [0.29, 0.717) is 5.75 Å². The molecule has 0 saturated carbocycles. The Kier molecular flexibility index (Phi) is 3.69. The van der Waals surface area contributed by atoms with E-state index < -0.39 is 5.82 Å². The minimum absolute atomic E-state index is 0.0197. The van der Waals surface area contributed by atoms with Gasteiger partial charge in [0.15, 0.2) is 5.78 Å². The molecule has 0 atom stereocenters. The molecule has 15 heavy (non-hydrogen) atoms. The van der Waals surface area contributed by atoms with Crippen molar-refractivity contribution in [3.63, 3.8) is 0 Å². The van der Waals surface area contributed by atoms with Crippen molar-refractivity contribution in [3.8, 4) is 5.75 Å². The summed E-state index contributed by atoms with van der Waals surface area (Å²) in [4.78, 5) is 11.6. The first-order valence-corrected chi connectivity index (χ1v) is 4.92. The van der Waals surface area contributed by atoms with Crippen molar-refractivity contribution in [2.45, 2.75) is 13.8 Å². The highest BCUT2D eigenvalue weighted by Crippen LogP contribution is 2.28. The van der Waals surface area contributed by atoms with Gasteiger partial charge in [0.1, 0.15) is 11.6 Å². The van der Waals surface area contributed by atoms with E-state index >= 15 is 0 Å². The van der Waals surface area contributed by atoms with Crippen LogP contribution in [0.25, 0.3) is 0 Å². The van der Waals surface area contributed by atoms with Crippen LogP contribution in [0, 0.1) is 11.7 Å². The van der Waals surface area contributed by atoms with Gasteiger partial charge in [-0.05, 0) is 12.1 Å². The summed E-state index contributed by atoms with van der Waals surface area (Å²) in [5.41, 5.74) is 0.0197. The van der Waals surface area contributed by atoms with E-state index in [4.69, 9.17) is 16.3 Å². The van der Waals surface area contributed by atoms with Crippen LogP contribution >= 0.6 is 11.6 Å². The highest BCUT2D eigenvalue weighted by Gasteiger charge is 2.17. The first-order valence-electron chi connectivity index (χ1n) is 4.54. The average molecular weight is 231 g/mol. The Labute approximate surface area is 93.0 Å². The number of ether oxygens (including phenoxy) is 1. The minimum atomic E-state index is -0.612. The van der Waals surface area contributed by atoms with Crippen LogP contribution in [-0.2, 0) is 0 Å². The van der Waals surface area contributed by atoms with E-state index in [2.05, 4.69) is 0 Å². The zero-order chi connectivity index (χ0) is 11.6. The van der Waals surface area contributed by atoms with Gasteiger partial charge in [-0.2, -0.15) is 0 Å². The van der Waals surface area contributed by atoms with E-state index in [1.807, 2.05) is 0 Å². The van der Waals surface area contributed by atoms with Crippen molar-refractivity contribution in [1.82, 2.24) is 0 Å². The monoisotopic (exact) mass is 230 g/mol. The van der Waals surface area contributed by atoms with Gasteiger partial charge in [0, 0.05) is 5.92 Å². The second kappa shape index (κ2) is 4.62. The second-order valence-electron chi connectivity index (χ2n) is 3.49. The van der Waals surface area contributed by atoms with Gasteiger partial charge < -0.3 is 4.74 Å². The van der Waals surface area contributed by atoms with Gasteiger partial charge in [-0.3, -0.25) is 4.79 Å². The maximum atomic E-state index is 13.4. The summed E-state index contributed by atoms with van der Waals surface area (Å²) in [7, 11) is 1.42. The van der Waals surface area contributed by atoms with Gasteiger partial charge in [0.2, 0.25) is 0 Å². The molecule has 0 aliphatic heterocycles. The predicted molar refractivity (Wildman–Crippen MR) is 57.1 cm³/mol. The SMILES string of the molecule is COc1cc(C(=O)C(C)C)c(F)cc1Cl. The molecule has 0 aromatic heterocycles. The molecule has 0 amide bonds. The Morgan fingerprint density at radius 3 is 2.53 bits per heavy atom. The first-order chi connectivity index (χ1) is 6.97. The molecule has 1 aromatic rings. The standard InChI is InChI=1S/C11H12ClFO2/c1-6(2)11(14)7-4-10(15-3)8(12)5-9(7)13/h4-6H,1-3H3. The van der Waals surface area contributed by atoms with Gasteiger partial charge >= 0.3 is 0 Å². The van der Waals surface area contributed by atoms with Crippen LogP contribution in [0.2, 0.25) is 5.02 Å². The normalized spacial score (nSPS) is 10.5. The quantitative estimate of drug-likeness (QED) is 0.745. The van der Waals surface area contributed by atoms with Crippen molar-refractivity contribution in [3.05, 3.63) is 28.5 Å². The second-order valence-corrected chi connectivity index (χ2v) is 3.89. The van der Waals surface area contributed by atoms with E-state index in [9.17, 15) is 9.18 Å². The third-order valence-corrected chi connectivity index (χ3v) is 2.33. The largest absolute Gasteiger partial charge is 0.495 e. The maximum absolute atomic E-state index is 13.4. The highest BCUT2D eigenvalue weighted by atomic mass is 35.5. The molecule has 0 heterocycles. The molecule has 2 nitrogen and oxygen atoms in total. The molecule has 0 aliphatic carbocycles. The number of methoxy groups -OCH3 is 1. The van der Waals surface area contributed by atoms with Crippen molar-refractivity contribution in [1.29, 1.82) is 0 Å². The van der Waals surface area contributed by atoms with Crippen LogP contribution in [0.15, 0.2) is 12.1 Å². The number of Topliss-reactive ketones (excluding diaryl/α,β-unsaturated/α-hetero) is 1. The number of ketones is 1. The van der Waals surface area contributed by atoms with Crippen LogP contribution in [0.3, 0.4) is 0 Å². The van der Waals surface area contributed by atoms with Crippen LogP contribution < -0.4 is 4.74 Å². The predicted octanol–water partition coefficient (Wildman–Crippen LogP) is 3.33. The Bertz CT molecular complexity index is 388. The molecule has 0 N–H and O–H groups in total. The number of carbonyl (C=O) groups is 1. The topological polar surface area (TPSA) is 26.3 Å². The first kappa shape index (κ1) is 12.0. The minimum Gasteiger partial charge on any atom is -0.495 e. The molecule has 0 radical (unpaired) electrons. The zero-order valence-electron chi connectivity index (χ0n) is 8.80.